The fraction of sp³-hybridized carbons (Fsp3) is 1.00. The molecule has 0 aromatic carbocycles. The van der Waals surface area contributed by atoms with Gasteiger partial charge in [-0.3, -0.25) is 0 Å². The Balaban J connectivity index is 5.15. The van der Waals surface area contributed by atoms with E-state index in [1.165, 1.54) is 257 Å². The van der Waals surface area contributed by atoms with Crippen molar-refractivity contribution in [3.63, 3.8) is 0 Å². The maximum absolute atomic E-state index is 6.96. The van der Waals surface area contributed by atoms with Gasteiger partial charge in [0.05, 0.1) is 6.61 Å². The van der Waals surface area contributed by atoms with Gasteiger partial charge in [0.25, 0.3) is 0 Å². The van der Waals surface area contributed by atoms with Crippen LogP contribution in [0.1, 0.15) is 291 Å². The van der Waals surface area contributed by atoms with Crippen molar-refractivity contribution in [2.75, 3.05) is 45.2 Å². The first-order chi connectivity index (χ1) is 29.2. The van der Waals surface area contributed by atoms with Crippen LogP contribution >= 0.6 is 12.6 Å². The van der Waals surface area contributed by atoms with Gasteiger partial charge in [-0.15, -0.1) is 0 Å². The fourth-order valence-electron chi connectivity index (χ4n) is 8.58. The van der Waals surface area contributed by atoms with Gasteiger partial charge >= 0.3 is 8.80 Å². The van der Waals surface area contributed by atoms with Gasteiger partial charge in [0.1, 0.15) is 0 Å². The van der Waals surface area contributed by atoms with Gasteiger partial charge in [-0.2, -0.15) is 12.6 Å². The third-order valence-corrected chi connectivity index (χ3v) is 15.9. The van der Waals surface area contributed by atoms with E-state index in [2.05, 4.69) is 45.2 Å². The predicted octanol–water partition coefficient (Wildman–Crippen LogP) is 18.3. The molecule has 0 radical (unpaired) electrons. The summed E-state index contributed by atoms with van der Waals surface area (Å²) in [7, 11) is -2.78. The summed E-state index contributed by atoms with van der Waals surface area (Å²) >= 11 is 4.65. The van der Waals surface area contributed by atoms with Crippen molar-refractivity contribution in [2.24, 2.45) is 0 Å². The zero-order valence-corrected chi connectivity index (χ0v) is 43.2. The average molecular weight is 871 g/mol. The van der Waals surface area contributed by atoms with Gasteiger partial charge in [-0.05, 0) is 50.9 Å². The summed E-state index contributed by atoms with van der Waals surface area (Å²) in [6.07, 6.45) is 55.9. The second-order valence-corrected chi connectivity index (χ2v) is 21.8. The second-order valence-electron chi connectivity index (χ2n) is 18.6. The summed E-state index contributed by atoms with van der Waals surface area (Å²) in [5, 5.41) is 0. The molecule has 0 fully saturated rings. The number of rotatable bonds is 53. The highest BCUT2D eigenvalue weighted by molar-refractivity contribution is 7.80. The molecule has 59 heavy (non-hydrogen) atoms. The Bertz CT molecular complexity index is 710. The first kappa shape index (κ1) is 59.4. The normalized spacial score (nSPS) is 12.1. The molecule has 0 rings (SSSR count). The molecule has 0 atom stereocenters. The van der Waals surface area contributed by atoms with E-state index in [-0.39, 0.29) is 0 Å². The number of hydrogen-bond acceptors (Lipinski definition) is 5. The van der Waals surface area contributed by atoms with Crippen LogP contribution in [0, 0.1) is 0 Å². The van der Waals surface area contributed by atoms with Crippen molar-refractivity contribution in [1.82, 2.24) is 4.90 Å². The molecule has 0 spiro atoms. The van der Waals surface area contributed by atoms with Crippen LogP contribution in [-0.2, 0) is 13.3 Å². The third-order valence-electron chi connectivity index (χ3n) is 12.7. The smallest absolute Gasteiger partial charge is 0.373 e. The lowest BCUT2D eigenvalue weighted by molar-refractivity contribution is 0.0485. The largest absolute Gasteiger partial charge is 0.501 e. The molecule has 0 saturated heterocycles. The van der Waals surface area contributed by atoms with E-state index in [4.69, 9.17) is 13.3 Å². The summed E-state index contributed by atoms with van der Waals surface area (Å²) in [6, 6.07) is 0.906. The highest BCUT2D eigenvalue weighted by atomic mass is 32.1. The highest BCUT2D eigenvalue weighted by Crippen LogP contribution is 2.22. The number of nitrogens with zero attached hydrogens (tertiary/aromatic N) is 1. The molecule has 0 aliphatic carbocycles. The molecule has 0 amide bonds. The number of thiol groups is 1. The van der Waals surface area contributed by atoms with E-state index in [1.807, 2.05) is 0 Å². The van der Waals surface area contributed by atoms with Crippen molar-refractivity contribution >= 4 is 21.4 Å². The van der Waals surface area contributed by atoms with Crippen LogP contribution in [0.3, 0.4) is 0 Å². The maximum atomic E-state index is 6.96. The lowest BCUT2D eigenvalue weighted by Gasteiger charge is -2.31. The van der Waals surface area contributed by atoms with Gasteiger partial charge in [-0.1, -0.05) is 259 Å². The van der Waals surface area contributed by atoms with Crippen LogP contribution in [0.4, 0.5) is 0 Å². The maximum Gasteiger partial charge on any atom is 0.501 e. The monoisotopic (exact) mass is 870 g/mol. The van der Waals surface area contributed by atoms with Crippen LogP contribution in [0.15, 0.2) is 0 Å². The zero-order valence-electron chi connectivity index (χ0n) is 41.3. The quantitative estimate of drug-likeness (QED) is 0.0375. The van der Waals surface area contributed by atoms with E-state index in [0.717, 1.165) is 57.4 Å². The van der Waals surface area contributed by atoms with E-state index >= 15 is 0 Å². The van der Waals surface area contributed by atoms with Crippen molar-refractivity contribution in [1.29, 1.82) is 0 Å². The van der Waals surface area contributed by atoms with Gasteiger partial charge < -0.3 is 18.2 Å². The molecule has 0 bridgehead atoms. The molecule has 0 aromatic heterocycles. The molecule has 0 aliphatic heterocycles. The Morgan fingerprint density at radius 3 is 0.831 bits per heavy atom. The van der Waals surface area contributed by atoms with Crippen LogP contribution in [-0.4, -0.2) is 58.9 Å². The molecule has 0 unspecified atom stereocenters. The lowest BCUT2D eigenvalue weighted by Crippen LogP contribution is -2.48. The van der Waals surface area contributed by atoms with Crippen molar-refractivity contribution < 1.29 is 13.3 Å². The van der Waals surface area contributed by atoms with Crippen LogP contribution in [0.2, 0.25) is 6.04 Å². The van der Waals surface area contributed by atoms with E-state index in [0.29, 0.717) is 0 Å². The fourth-order valence-corrected chi connectivity index (χ4v) is 11.6. The molecule has 0 heterocycles. The Kier molecular flexibility index (Phi) is 51.4. The van der Waals surface area contributed by atoms with Gasteiger partial charge in [0, 0.05) is 25.8 Å². The Hall–Kier alpha value is 0.407. The highest BCUT2D eigenvalue weighted by Gasteiger charge is 2.40. The molecule has 356 valence electrons. The summed E-state index contributed by atoms with van der Waals surface area (Å²) in [6.45, 7) is 15.0. The number of unbranched alkanes of at least 4 members (excludes halogenated alkanes) is 36. The van der Waals surface area contributed by atoms with Gasteiger partial charge in [0.2, 0.25) is 0 Å². The topological polar surface area (TPSA) is 30.9 Å². The van der Waals surface area contributed by atoms with Crippen molar-refractivity contribution in [3.05, 3.63) is 0 Å². The minimum Gasteiger partial charge on any atom is -0.373 e. The summed E-state index contributed by atoms with van der Waals surface area (Å²) in [5.41, 5.74) is 0. The lowest BCUT2D eigenvalue weighted by atomic mass is 10.1. The summed E-state index contributed by atoms with van der Waals surface area (Å²) in [5.74, 6) is 0.866. The first-order valence-electron chi connectivity index (χ1n) is 27.4. The third kappa shape index (κ3) is 44.8. The summed E-state index contributed by atoms with van der Waals surface area (Å²) in [4.78, 5) is 2.73. The standard InChI is InChI=1S/C53H111NO3SSi/c1-5-9-13-17-21-25-29-33-37-41-46-54(47-42-38-34-30-26-22-18-14-10-6-2)48-51-57-59(53-45-52-58,55-49-43-39-35-31-27-23-19-15-11-7-3)56-50-44-40-36-32-28-24-20-16-12-8-4/h58H,5-53H2,1-4H3. The van der Waals surface area contributed by atoms with Gasteiger partial charge in [-0.25, -0.2) is 0 Å². The minimum absolute atomic E-state index is 0.740. The van der Waals surface area contributed by atoms with Gasteiger partial charge in [0.15, 0.2) is 0 Å². The van der Waals surface area contributed by atoms with Crippen LogP contribution in [0.5, 0.6) is 0 Å². The van der Waals surface area contributed by atoms with Crippen molar-refractivity contribution in [3.8, 4) is 0 Å². The first-order valence-corrected chi connectivity index (χ1v) is 30.0. The van der Waals surface area contributed by atoms with E-state index in [1.54, 1.807) is 0 Å². The molecule has 4 nitrogen and oxygen atoms in total. The second kappa shape index (κ2) is 51.0. The van der Waals surface area contributed by atoms with E-state index < -0.39 is 8.80 Å². The van der Waals surface area contributed by atoms with E-state index in [9.17, 15) is 0 Å². The molecular weight excluding hydrogens is 759 g/mol. The van der Waals surface area contributed by atoms with Crippen LogP contribution < -0.4 is 0 Å². The average Bonchev–Trinajstić information content (AvgIpc) is 3.24. The molecule has 6 heteroatoms. The predicted molar refractivity (Wildman–Crippen MR) is 271 cm³/mol. The summed E-state index contributed by atoms with van der Waals surface area (Å²) < 4.78 is 20.7. The molecule has 0 saturated carbocycles. The van der Waals surface area contributed by atoms with Crippen molar-refractivity contribution in [2.45, 2.75) is 297 Å². The number of hydrogen-bond donors (Lipinski definition) is 1. The Morgan fingerprint density at radius 1 is 0.288 bits per heavy atom. The molecule has 0 N–H and O–H groups in total. The minimum atomic E-state index is -2.78. The molecule has 0 aliphatic rings. The van der Waals surface area contributed by atoms with Crippen LogP contribution in [0.25, 0.3) is 0 Å². The zero-order chi connectivity index (χ0) is 42.8. The SMILES string of the molecule is CCCCCCCCCCCCO[Si](CCCS)(OCCCCCCCCCCCC)OCCN(CCCCCCCCCCCC)CCCCCCCCCCCC. The molecular formula is C53H111NO3SSi. The Morgan fingerprint density at radius 2 is 0.542 bits per heavy atom. The molecule has 0 aromatic rings. The Labute approximate surface area is 380 Å².